The number of carbonyl (C=O) groups is 2. The minimum absolute atomic E-state index is 0.340. The first-order valence-corrected chi connectivity index (χ1v) is 14.5. The van der Waals surface area contributed by atoms with Crippen LogP contribution < -0.4 is 5.32 Å². The molecule has 0 spiro atoms. The maximum absolute atomic E-state index is 13.7. The van der Waals surface area contributed by atoms with Gasteiger partial charge in [0, 0.05) is 47.1 Å². The van der Waals surface area contributed by atoms with E-state index in [1.807, 2.05) is 54.8 Å². The Morgan fingerprint density at radius 2 is 1.82 bits per heavy atom. The van der Waals surface area contributed by atoms with Crippen LogP contribution in [0.2, 0.25) is 0 Å². The van der Waals surface area contributed by atoms with E-state index in [0.717, 1.165) is 63.7 Å². The molecule has 0 aliphatic carbocycles. The van der Waals surface area contributed by atoms with E-state index in [1.54, 1.807) is 0 Å². The first-order valence-electron chi connectivity index (χ1n) is 13.6. The average molecular weight is 551 g/mol. The first kappa shape index (κ1) is 26.1. The van der Waals surface area contributed by atoms with Crippen molar-refractivity contribution in [1.29, 1.82) is 0 Å². The summed E-state index contributed by atoms with van der Waals surface area (Å²) in [6.07, 6.45) is 0.163. The fraction of sp³-hybridized carbons (Fsp3) is 0.250. The van der Waals surface area contributed by atoms with Crippen molar-refractivity contribution in [3.05, 3.63) is 88.9 Å². The lowest BCUT2D eigenvalue weighted by molar-refractivity contribution is -0.124. The van der Waals surface area contributed by atoms with Gasteiger partial charge in [0.05, 0.1) is 16.8 Å². The van der Waals surface area contributed by atoms with Gasteiger partial charge in [-0.25, -0.2) is 9.78 Å². The Morgan fingerprint density at radius 1 is 1.02 bits per heavy atom. The summed E-state index contributed by atoms with van der Waals surface area (Å²) in [5.41, 5.74) is 4.86. The normalized spacial score (nSPS) is 14.2. The molecule has 0 fully saturated rings. The maximum atomic E-state index is 13.7. The molecule has 0 saturated carbocycles. The van der Waals surface area contributed by atoms with Gasteiger partial charge in [0.1, 0.15) is 0 Å². The predicted octanol–water partition coefficient (Wildman–Crippen LogP) is 6.46. The van der Waals surface area contributed by atoms with Crippen molar-refractivity contribution in [3.8, 4) is 11.3 Å². The Bertz CT molecular complexity index is 1730. The number of fused-ring (bicyclic) bond motifs is 3. The number of ether oxygens (including phenoxy) is 1. The van der Waals surface area contributed by atoms with E-state index in [0.29, 0.717) is 23.7 Å². The number of nitrogens with one attached hydrogen (secondary N) is 1. The third-order valence-corrected chi connectivity index (χ3v) is 8.23. The number of rotatable bonds is 7. The summed E-state index contributed by atoms with van der Waals surface area (Å²) in [7, 11) is 0. The van der Waals surface area contributed by atoms with Gasteiger partial charge in [-0.1, -0.05) is 68.4 Å². The number of benzene rings is 3. The number of hydrogen-bond donors (Lipinski definition) is 1. The highest BCUT2D eigenvalue weighted by Crippen LogP contribution is 2.30. The summed E-state index contributed by atoms with van der Waals surface area (Å²) in [6, 6.07) is 22.0. The van der Waals surface area contributed by atoms with Crippen LogP contribution >= 0.6 is 11.3 Å². The first-order chi connectivity index (χ1) is 19.5. The summed E-state index contributed by atoms with van der Waals surface area (Å²) in [6.45, 7) is 6.36. The molecule has 0 saturated heterocycles. The molecule has 1 aliphatic heterocycles. The topological polar surface area (TPSA) is 84.4 Å². The molecular weight excluding hydrogens is 520 g/mol. The SMILES string of the molecule is CCC(OC(=O)c1c2c(nc3ccccc13)CCN(CC)C2)C(=O)Nc1nc(-c2ccc3ccccc3c2)cs1. The van der Waals surface area contributed by atoms with Gasteiger partial charge in [0.15, 0.2) is 11.2 Å². The summed E-state index contributed by atoms with van der Waals surface area (Å²) in [5.74, 6) is -0.886. The average Bonchev–Trinajstić information content (AvgIpc) is 3.46. The molecule has 2 aromatic heterocycles. The van der Waals surface area contributed by atoms with Gasteiger partial charge in [-0.05, 0) is 35.9 Å². The van der Waals surface area contributed by atoms with Crippen LogP contribution in [0.4, 0.5) is 5.13 Å². The fourth-order valence-electron chi connectivity index (χ4n) is 5.26. The molecule has 3 aromatic carbocycles. The number of aromatic nitrogens is 2. The lowest BCUT2D eigenvalue weighted by atomic mass is 9.95. The lowest BCUT2D eigenvalue weighted by Gasteiger charge is -2.29. The van der Waals surface area contributed by atoms with E-state index in [2.05, 4.69) is 46.4 Å². The van der Waals surface area contributed by atoms with Gasteiger partial charge >= 0.3 is 5.97 Å². The maximum Gasteiger partial charge on any atom is 0.340 e. The summed E-state index contributed by atoms with van der Waals surface area (Å²) >= 11 is 1.35. The zero-order chi connectivity index (χ0) is 27.6. The van der Waals surface area contributed by atoms with Crippen LogP contribution in [0.15, 0.2) is 72.1 Å². The largest absolute Gasteiger partial charge is 0.449 e. The van der Waals surface area contributed by atoms with Crippen molar-refractivity contribution in [2.75, 3.05) is 18.4 Å². The number of likely N-dealkylation sites (N-methyl/N-ethyl adjacent to an activating group) is 1. The van der Waals surface area contributed by atoms with Crippen molar-refractivity contribution < 1.29 is 14.3 Å². The molecule has 40 heavy (non-hydrogen) atoms. The molecule has 1 aliphatic rings. The van der Waals surface area contributed by atoms with Gasteiger partial charge in [-0.2, -0.15) is 0 Å². The molecule has 1 atom stereocenters. The number of para-hydroxylation sites is 1. The standard InChI is InChI=1S/C32H30N4O3S/c1-3-28(30(37)35-32-34-27(19-40-32)22-14-13-20-9-5-6-10-21(20)17-22)39-31(38)29-23-11-7-8-12-25(23)33-26-15-16-36(4-2)18-24(26)29/h5-14,17,19,28H,3-4,15-16,18H2,1-2H3,(H,34,35,37). The number of hydrogen-bond acceptors (Lipinski definition) is 7. The van der Waals surface area contributed by atoms with E-state index in [-0.39, 0.29) is 0 Å². The van der Waals surface area contributed by atoms with Crippen LogP contribution in [0.1, 0.15) is 41.9 Å². The van der Waals surface area contributed by atoms with Crippen LogP contribution in [0, 0.1) is 0 Å². The molecule has 1 amide bonds. The van der Waals surface area contributed by atoms with Crippen LogP contribution in [0.3, 0.4) is 0 Å². The molecule has 5 aromatic rings. The van der Waals surface area contributed by atoms with Gasteiger partial charge in [0.25, 0.3) is 5.91 Å². The highest BCUT2D eigenvalue weighted by molar-refractivity contribution is 7.14. The second-order valence-electron chi connectivity index (χ2n) is 9.94. The van der Waals surface area contributed by atoms with Gasteiger partial charge in [-0.3, -0.25) is 20.0 Å². The van der Waals surface area contributed by atoms with Gasteiger partial charge in [0.2, 0.25) is 0 Å². The molecule has 6 rings (SSSR count). The second-order valence-corrected chi connectivity index (χ2v) is 10.8. The van der Waals surface area contributed by atoms with E-state index in [4.69, 9.17) is 9.72 Å². The van der Waals surface area contributed by atoms with Crippen LogP contribution in [0.25, 0.3) is 32.9 Å². The van der Waals surface area contributed by atoms with Gasteiger partial charge < -0.3 is 4.74 Å². The number of thiazole rings is 1. The van der Waals surface area contributed by atoms with Gasteiger partial charge in [-0.15, -0.1) is 11.3 Å². The Balaban J connectivity index is 1.22. The van der Waals surface area contributed by atoms with Crippen molar-refractivity contribution in [2.45, 2.75) is 39.3 Å². The van der Waals surface area contributed by atoms with E-state index in [9.17, 15) is 9.59 Å². The van der Waals surface area contributed by atoms with Crippen LogP contribution in [-0.4, -0.2) is 45.9 Å². The van der Waals surface area contributed by atoms with Crippen molar-refractivity contribution >= 4 is 50.0 Å². The molecule has 0 radical (unpaired) electrons. The molecule has 3 heterocycles. The summed E-state index contributed by atoms with van der Waals surface area (Å²) < 4.78 is 5.88. The minimum atomic E-state index is -0.950. The summed E-state index contributed by atoms with van der Waals surface area (Å²) in [5, 5.41) is 8.29. The number of esters is 1. The lowest BCUT2D eigenvalue weighted by Crippen LogP contribution is -2.35. The number of pyridine rings is 1. The van der Waals surface area contributed by atoms with Crippen molar-refractivity contribution in [3.63, 3.8) is 0 Å². The third-order valence-electron chi connectivity index (χ3n) is 7.47. The summed E-state index contributed by atoms with van der Waals surface area (Å²) in [4.78, 5) is 38.7. The Labute approximate surface area is 236 Å². The van der Waals surface area contributed by atoms with Crippen LogP contribution in [0.5, 0.6) is 0 Å². The smallest absolute Gasteiger partial charge is 0.340 e. The van der Waals surface area contributed by atoms with E-state index < -0.39 is 18.0 Å². The molecule has 8 heteroatoms. The zero-order valence-corrected chi connectivity index (χ0v) is 23.3. The number of amides is 1. The highest BCUT2D eigenvalue weighted by Gasteiger charge is 2.29. The minimum Gasteiger partial charge on any atom is -0.449 e. The second kappa shape index (κ2) is 11.2. The van der Waals surface area contributed by atoms with Crippen LogP contribution in [-0.2, 0) is 22.5 Å². The number of carbonyl (C=O) groups excluding carboxylic acids is 2. The highest BCUT2D eigenvalue weighted by atomic mass is 32.1. The Morgan fingerprint density at radius 3 is 2.65 bits per heavy atom. The van der Waals surface area contributed by atoms with Crippen molar-refractivity contribution in [1.82, 2.24) is 14.9 Å². The molecule has 1 unspecified atom stereocenters. The monoisotopic (exact) mass is 550 g/mol. The molecule has 1 N–H and O–H groups in total. The quantitative estimate of drug-likeness (QED) is 0.234. The van der Waals surface area contributed by atoms with E-state index in [1.165, 1.54) is 11.3 Å². The van der Waals surface area contributed by atoms with E-state index >= 15 is 0 Å². The molecular formula is C32H30N4O3S. The van der Waals surface area contributed by atoms with Crippen molar-refractivity contribution in [2.24, 2.45) is 0 Å². The number of anilines is 1. The Kier molecular flexibility index (Phi) is 7.28. The fourth-order valence-corrected chi connectivity index (χ4v) is 5.98. The molecule has 7 nitrogen and oxygen atoms in total. The molecule has 202 valence electrons. The third kappa shape index (κ3) is 5.08. The Hall–Kier alpha value is -4.14. The molecule has 0 bridgehead atoms. The zero-order valence-electron chi connectivity index (χ0n) is 22.5. The number of nitrogens with zero attached hydrogens (tertiary/aromatic N) is 3. The predicted molar refractivity (Wildman–Crippen MR) is 160 cm³/mol.